The van der Waals surface area contributed by atoms with E-state index in [9.17, 15) is 13.6 Å². The van der Waals surface area contributed by atoms with Gasteiger partial charge in [-0.1, -0.05) is 45.0 Å². The van der Waals surface area contributed by atoms with E-state index in [4.69, 9.17) is 37.6 Å². The lowest BCUT2D eigenvalue weighted by atomic mass is 10.2. The summed E-state index contributed by atoms with van der Waals surface area (Å²) in [4.78, 5) is 15.2. The third-order valence-electron chi connectivity index (χ3n) is 9.06. The molecule has 11 nitrogen and oxygen atoms in total. The Morgan fingerprint density at radius 3 is 1.77 bits per heavy atom. The number of carbonyl (C=O) groups excluding carboxylic acids is 1. The molecular weight excluding hydrogens is 755 g/mol. The SMILES string of the molecule is CNCCOCCOCCOCCN(C[C@H](COc1ccc(OCc2ccc(F)cc2)c(OCc2ccc(F)cc2)c1)O[Si](C)(C)C(C)(C)C)C(=O)OC(C)(C)C. The number of carbonyl (C=O) groups is 1. The number of nitrogens with one attached hydrogen (secondary N) is 1. The van der Waals surface area contributed by atoms with Gasteiger partial charge in [0.25, 0.3) is 0 Å². The summed E-state index contributed by atoms with van der Waals surface area (Å²) in [6.45, 7) is 20.6. The maximum atomic E-state index is 13.6. The molecule has 1 N–H and O–H groups in total. The van der Waals surface area contributed by atoms with Crippen LogP contribution < -0.4 is 19.5 Å². The van der Waals surface area contributed by atoms with Crippen LogP contribution >= 0.6 is 0 Å². The lowest BCUT2D eigenvalue weighted by Crippen LogP contribution is -2.51. The molecule has 3 rings (SSSR count). The third kappa shape index (κ3) is 18.6. The van der Waals surface area contributed by atoms with Gasteiger partial charge < -0.3 is 47.8 Å². The first-order chi connectivity index (χ1) is 27.0. The van der Waals surface area contributed by atoms with Gasteiger partial charge in [-0.15, -0.1) is 0 Å². The summed E-state index contributed by atoms with van der Waals surface area (Å²) in [7, 11) is -0.483. The van der Waals surface area contributed by atoms with Crippen molar-refractivity contribution in [3.63, 3.8) is 0 Å². The molecule has 0 radical (unpaired) electrons. The van der Waals surface area contributed by atoms with Gasteiger partial charge in [-0.05, 0) is 93.5 Å². The van der Waals surface area contributed by atoms with Gasteiger partial charge >= 0.3 is 6.09 Å². The first kappa shape index (κ1) is 47.6. The molecule has 3 aromatic carbocycles. The van der Waals surface area contributed by atoms with E-state index >= 15 is 0 Å². The van der Waals surface area contributed by atoms with E-state index in [0.717, 1.165) is 17.7 Å². The lowest BCUT2D eigenvalue weighted by Gasteiger charge is -2.40. The molecule has 0 aromatic heterocycles. The Hall–Kier alpha value is -3.79. The van der Waals surface area contributed by atoms with Gasteiger partial charge in [0.1, 0.15) is 42.8 Å². The number of benzene rings is 3. The van der Waals surface area contributed by atoms with E-state index in [-0.39, 0.29) is 56.2 Å². The molecule has 1 atom stereocenters. The van der Waals surface area contributed by atoms with Crippen LogP contribution in [0.15, 0.2) is 66.7 Å². The summed E-state index contributed by atoms with van der Waals surface area (Å²) >= 11 is 0. The Balaban J connectivity index is 1.76. The highest BCUT2D eigenvalue weighted by Gasteiger charge is 2.40. The molecule has 0 aliphatic rings. The molecule has 0 heterocycles. The molecular formula is C43H64F2N2O9Si. The van der Waals surface area contributed by atoms with Crippen molar-refractivity contribution in [2.75, 3.05) is 72.9 Å². The van der Waals surface area contributed by atoms with Gasteiger partial charge in [-0.25, -0.2) is 13.6 Å². The monoisotopic (exact) mass is 818 g/mol. The summed E-state index contributed by atoms with van der Waals surface area (Å²) in [5, 5.41) is 2.91. The number of likely N-dealkylation sites (N-methyl/N-ethyl adjacent to an activating group) is 1. The molecule has 0 bridgehead atoms. The zero-order valence-corrected chi connectivity index (χ0v) is 36.3. The van der Waals surface area contributed by atoms with Crippen LogP contribution in [0.25, 0.3) is 0 Å². The van der Waals surface area contributed by atoms with Crippen molar-refractivity contribution in [2.24, 2.45) is 0 Å². The van der Waals surface area contributed by atoms with E-state index in [0.29, 0.717) is 50.3 Å². The first-order valence-corrected chi connectivity index (χ1v) is 22.4. The van der Waals surface area contributed by atoms with Crippen molar-refractivity contribution in [3.8, 4) is 17.2 Å². The fraction of sp³-hybridized carbons (Fsp3) is 0.558. The normalized spacial score (nSPS) is 12.6. The molecule has 0 saturated carbocycles. The van der Waals surface area contributed by atoms with Crippen LogP contribution in [0.3, 0.4) is 0 Å². The maximum absolute atomic E-state index is 13.6. The minimum Gasteiger partial charge on any atom is -0.491 e. The van der Waals surface area contributed by atoms with Crippen LogP contribution in [0.1, 0.15) is 52.7 Å². The van der Waals surface area contributed by atoms with Gasteiger partial charge in [0, 0.05) is 19.2 Å². The van der Waals surface area contributed by atoms with Crippen molar-refractivity contribution >= 4 is 14.4 Å². The number of halogens is 2. The molecule has 0 unspecified atom stereocenters. The quantitative estimate of drug-likeness (QED) is 0.0662. The topological polar surface area (TPSA) is 106 Å². The number of ether oxygens (including phenoxy) is 7. The Kier molecular flexibility index (Phi) is 19.7. The zero-order chi connectivity index (χ0) is 41.9. The molecule has 0 aliphatic carbocycles. The highest BCUT2D eigenvalue weighted by molar-refractivity contribution is 6.74. The number of hydrogen-bond donors (Lipinski definition) is 1. The zero-order valence-electron chi connectivity index (χ0n) is 35.3. The largest absolute Gasteiger partial charge is 0.491 e. The van der Waals surface area contributed by atoms with E-state index in [1.54, 1.807) is 47.4 Å². The van der Waals surface area contributed by atoms with E-state index in [2.05, 4.69) is 39.2 Å². The Morgan fingerprint density at radius 1 is 0.719 bits per heavy atom. The minimum atomic E-state index is -2.36. The molecule has 1 amide bonds. The Bertz CT molecular complexity index is 1600. The molecule has 3 aromatic rings. The van der Waals surface area contributed by atoms with Crippen LogP contribution in [0.4, 0.5) is 13.6 Å². The highest BCUT2D eigenvalue weighted by atomic mass is 28.4. The highest BCUT2D eigenvalue weighted by Crippen LogP contribution is 2.38. The van der Waals surface area contributed by atoms with Crippen LogP contribution in [-0.4, -0.2) is 104 Å². The molecule has 57 heavy (non-hydrogen) atoms. The number of nitrogens with zero attached hydrogens (tertiary/aromatic N) is 1. The average Bonchev–Trinajstić information content (AvgIpc) is 3.14. The minimum absolute atomic E-state index is 0.115. The second-order valence-corrected chi connectivity index (χ2v) is 20.9. The van der Waals surface area contributed by atoms with Gasteiger partial charge in [0.05, 0.1) is 52.3 Å². The van der Waals surface area contributed by atoms with Crippen molar-refractivity contribution in [3.05, 3.63) is 89.5 Å². The van der Waals surface area contributed by atoms with Crippen molar-refractivity contribution in [1.82, 2.24) is 10.2 Å². The molecule has 0 aliphatic heterocycles. The van der Waals surface area contributed by atoms with Crippen LogP contribution in [-0.2, 0) is 36.6 Å². The summed E-state index contributed by atoms with van der Waals surface area (Å²) < 4.78 is 75.4. The van der Waals surface area contributed by atoms with Crippen molar-refractivity contribution in [1.29, 1.82) is 0 Å². The summed E-state index contributed by atoms with van der Waals surface area (Å²) in [6.07, 6.45) is -1.01. The average molecular weight is 819 g/mol. The fourth-order valence-electron chi connectivity index (χ4n) is 4.92. The van der Waals surface area contributed by atoms with Gasteiger partial charge in [0.2, 0.25) is 0 Å². The number of hydrogen-bond acceptors (Lipinski definition) is 10. The predicted molar refractivity (Wildman–Crippen MR) is 220 cm³/mol. The molecule has 0 saturated heterocycles. The summed E-state index contributed by atoms with van der Waals surface area (Å²) in [5.41, 5.74) is 0.830. The second-order valence-electron chi connectivity index (χ2n) is 16.1. The molecule has 0 fully saturated rings. The van der Waals surface area contributed by atoms with Gasteiger partial charge in [0.15, 0.2) is 19.8 Å². The van der Waals surface area contributed by atoms with Crippen LogP contribution in [0, 0.1) is 11.6 Å². The maximum Gasteiger partial charge on any atom is 0.410 e. The fourth-order valence-corrected chi connectivity index (χ4v) is 6.25. The second kappa shape index (κ2) is 23.6. The van der Waals surface area contributed by atoms with Gasteiger partial charge in [-0.3, -0.25) is 0 Å². The van der Waals surface area contributed by atoms with Crippen LogP contribution in [0.2, 0.25) is 18.1 Å². The summed E-state index contributed by atoms with van der Waals surface area (Å²) in [6, 6.07) is 17.3. The molecule has 14 heteroatoms. The molecule has 0 spiro atoms. The van der Waals surface area contributed by atoms with E-state index in [1.165, 1.54) is 24.3 Å². The van der Waals surface area contributed by atoms with Crippen LogP contribution in [0.5, 0.6) is 17.2 Å². The van der Waals surface area contributed by atoms with E-state index in [1.807, 2.05) is 27.8 Å². The van der Waals surface area contributed by atoms with Crippen molar-refractivity contribution < 1.29 is 51.2 Å². The number of rotatable bonds is 25. The van der Waals surface area contributed by atoms with Crippen molar-refractivity contribution in [2.45, 2.75) is 84.6 Å². The predicted octanol–water partition coefficient (Wildman–Crippen LogP) is 8.40. The van der Waals surface area contributed by atoms with Gasteiger partial charge in [-0.2, -0.15) is 0 Å². The third-order valence-corrected chi connectivity index (χ3v) is 13.6. The smallest absolute Gasteiger partial charge is 0.410 e. The summed E-state index contributed by atoms with van der Waals surface area (Å²) in [5.74, 6) is 0.663. The number of amides is 1. The standard InChI is InChI=1S/C43H64F2N2O9Si/c1-42(2,3)55-41(48)47(21-23-50-25-27-51-26-24-49-22-20-46-7)29-38(56-57(8,9)43(4,5)6)32-52-37-18-19-39(53-30-33-10-14-35(44)15-11-33)40(28-37)54-31-34-12-16-36(45)17-13-34/h10-19,28,38,46H,20-27,29-32H2,1-9H3/t38-/m1/s1. The Labute approximate surface area is 339 Å². The molecule has 318 valence electrons. The Morgan fingerprint density at radius 2 is 1.25 bits per heavy atom. The first-order valence-electron chi connectivity index (χ1n) is 19.5. The van der Waals surface area contributed by atoms with E-state index < -0.39 is 26.1 Å². The lowest BCUT2D eigenvalue weighted by molar-refractivity contribution is -0.00665.